The quantitative estimate of drug-likeness (QED) is 0.881. The third-order valence-corrected chi connectivity index (χ3v) is 4.21. The molecule has 104 valence electrons. The first kappa shape index (κ1) is 12.0. The van der Waals surface area contributed by atoms with Crippen LogP contribution in [0, 0.1) is 0 Å². The molecule has 4 nitrogen and oxygen atoms in total. The van der Waals surface area contributed by atoms with E-state index in [4.69, 9.17) is 4.74 Å². The number of benzene rings is 1. The number of aryl methyl sites for hydroxylation is 1. The van der Waals surface area contributed by atoms with Crippen LogP contribution in [-0.2, 0) is 6.42 Å². The predicted molar refractivity (Wildman–Crippen MR) is 77.8 cm³/mol. The molecular weight excluding hydrogens is 250 g/mol. The van der Waals surface area contributed by atoms with Gasteiger partial charge >= 0.3 is 0 Å². The molecule has 1 aromatic heterocycles. The average molecular weight is 269 g/mol. The highest BCUT2D eigenvalue weighted by Gasteiger charge is 2.19. The zero-order valence-electron chi connectivity index (χ0n) is 11.5. The minimum atomic E-state index is 0.393. The van der Waals surface area contributed by atoms with Gasteiger partial charge in [0.2, 0.25) is 0 Å². The second-order valence-corrected chi connectivity index (χ2v) is 5.61. The van der Waals surface area contributed by atoms with Gasteiger partial charge in [-0.15, -0.1) is 0 Å². The van der Waals surface area contributed by atoms with Crippen molar-refractivity contribution in [2.24, 2.45) is 0 Å². The molecule has 20 heavy (non-hydrogen) atoms. The maximum absolute atomic E-state index is 5.66. The van der Waals surface area contributed by atoms with Gasteiger partial charge in [0, 0.05) is 5.56 Å². The van der Waals surface area contributed by atoms with Crippen LogP contribution >= 0.6 is 0 Å². The number of ether oxygens (including phenoxy) is 1. The molecule has 2 aliphatic heterocycles. The van der Waals surface area contributed by atoms with Gasteiger partial charge in [-0.05, 0) is 56.0 Å². The largest absolute Gasteiger partial charge is 0.493 e. The van der Waals surface area contributed by atoms with Crippen molar-refractivity contribution >= 4 is 0 Å². The molecule has 1 saturated heterocycles. The number of aromatic amines is 1. The van der Waals surface area contributed by atoms with Crippen LogP contribution in [-0.4, -0.2) is 23.1 Å². The van der Waals surface area contributed by atoms with E-state index in [0.717, 1.165) is 43.3 Å². The fraction of sp³-hybridized carbons (Fsp3) is 0.438. The molecular formula is C16H19N3O. The van der Waals surface area contributed by atoms with Gasteiger partial charge in [-0.25, -0.2) is 4.98 Å². The van der Waals surface area contributed by atoms with Crippen molar-refractivity contribution in [3.8, 4) is 17.0 Å². The molecule has 1 aromatic carbocycles. The van der Waals surface area contributed by atoms with Crippen LogP contribution in [0.3, 0.4) is 0 Å². The van der Waals surface area contributed by atoms with E-state index in [1.165, 1.54) is 24.0 Å². The Balaban J connectivity index is 1.63. The lowest BCUT2D eigenvalue weighted by molar-refractivity contribution is 0.288. The summed E-state index contributed by atoms with van der Waals surface area (Å²) in [6.45, 7) is 1.94. The van der Waals surface area contributed by atoms with E-state index >= 15 is 0 Å². The molecule has 1 atom stereocenters. The number of fused-ring (bicyclic) bond motifs is 1. The molecule has 1 fully saturated rings. The lowest BCUT2D eigenvalue weighted by atomic mass is 10.0. The summed E-state index contributed by atoms with van der Waals surface area (Å²) in [6, 6.07) is 6.82. The standard InChI is InChI=1S/C16H19N3O/c1-4-13(17-7-1)16-18-10-14(19-16)11-5-6-15-12(9-11)3-2-8-20-15/h5-6,9-10,13,17H,1-4,7-8H2,(H,18,19). The Morgan fingerprint density at radius 2 is 2.25 bits per heavy atom. The SMILES string of the molecule is c1cc2c(cc1-c1cnc(C3CCCN3)[nH]1)CCCO2. The van der Waals surface area contributed by atoms with Crippen molar-refractivity contribution in [1.82, 2.24) is 15.3 Å². The van der Waals surface area contributed by atoms with Gasteiger partial charge in [0.1, 0.15) is 11.6 Å². The first-order valence-electron chi connectivity index (χ1n) is 7.44. The Bertz CT molecular complexity index is 614. The lowest BCUT2D eigenvalue weighted by Gasteiger charge is -2.17. The smallest absolute Gasteiger partial charge is 0.123 e. The van der Waals surface area contributed by atoms with Crippen LogP contribution in [0.5, 0.6) is 5.75 Å². The number of nitrogens with one attached hydrogen (secondary N) is 2. The van der Waals surface area contributed by atoms with E-state index < -0.39 is 0 Å². The van der Waals surface area contributed by atoms with Gasteiger partial charge in [-0.2, -0.15) is 0 Å². The summed E-state index contributed by atoms with van der Waals surface area (Å²) in [6.07, 6.45) is 6.56. The zero-order chi connectivity index (χ0) is 13.4. The van der Waals surface area contributed by atoms with Crippen LogP contribution in [0.15, 0.2) is 24.4 Å². The first-order valence-corrected chi connectivity index (χ1v) is 7.44. The van der Waals surface area contributed by atoms with Crippen molar-refractivity contribution in [2.75, 3.05) is 13.2 Å². The molecule has 0 bridgehead atoms. The van der Waals surface area contributed by atoms with Gasteiger partial charge in [0.15, 0.2) is 0 Å². The van der Waals surface area contributed by atoms with Gasteiger partial charge < -0.3 is 15.0 Å². The maximum atomic E-state index is 5.66. The Morgan fingerprint density at radius 3 is 3.15 bits per heavy atom. The zero-order valence-corrected chi connectivity index (χ0v) is 11.5. The molecule has 0 aliphatic carbocycles. The van der Waals surface area contributed by atoms with E-state index in [2.05, 4.69) is 33.5 Å². The van der Waals surface area contributed by atoms with E-state index in [1.54, 1.807) is 0 Å². The second kappa shape index (κ2) is 4.94. The molecule has 4 heteroatoms. The highest BCUT2D eigenvalue weighted by atomic mass is 16.5. The number of rotatable bonds is 2. The van der Waals surface area contributed by atoms with Crippen LogP contribution < -0.4 is 10.1 Å². The highest BCUT2D eigenvalue weighted by Crippen LogP contribution is 2.30. The topological polar surface area (TPSA) is 49.9 Å². The van der Waals surface area contributed by atoms with Crippen LogP contribution in [0.2, 0.25) is 0 Å². The van der Waals surface area contributed by atoms with Gasteiger partial charge in [0.25, 0.3) is 0 Å². The van der Waals surface area contributed by atoms with E-state index in [1.807, 2.05) is 6.20 Å². The van der Waals surface area contributed by atoms with Crippen LogP contribution in [0.25, 0.3) is 11.3 Å². The molecule has 0 radical (unpaired) electrons. The van der Waals surface area contributed by atoms with Gasteiger partial charge in [0.05, 0.1) is 24.5 Å². The number of H-pyrrole nitrogens is 1. The fourth-order valence-electron chi connectivity index (χ4n) is 3.11. The summed E-state index contributed by atoms with van der Waals surface area (Å²) in [7, 11) is 0. The van der Waals surface area contributed by atoms with E-state index in [9.17, 15) is 0 Å². The molecule has 3 heterocycles. The van der Waals surface area contributed by atoms with Crippen molar-refractivity contribution < 1.29 is 4.74 Å². The molecule has 4 rings (SSSR count). The maximum Gasteiger partial charge on any atom is 0.123 e. The van der Waals surface area contributed by atoms with Gasteiger partial charge in [-0.3, -0.25) is 0 Å². The van der Waals surface area contributed by atoms with E-state index in [-0.39, 0.29) is 0 Å². The number of nitrogens with zero attached hydrogens (tertiary/aromatic N) is 1. The summed E-state index contributed by atoms with van der Waals surface area (Å²) in [5, 5.41) is 3.47. The third kappa shape index (κ3) is 2.10. The Kier molecular flexibility index (Phi) is 2.96. The number of aromatic nitrogens is 2. The Labute approximate surface area is 118 Å². The molecule has 2 N–H and O–H groups in total. The molecule has 0 spiro atoms. The Morgan fingerprint density at radius 1 is 1.25 bits per heavy atom. The number of hydrogen-bond acceptors (Lipinski definition) is 3. The summed E-state index contributed by atoms with van der Waals surface area (Å²) in [4.78, 5) is 8.00. The lowest BCUT2D eigenvalue weighted by Crippen LogP contribution is -2.14. The van der Waals surface area contributed by atoms with Crippen molar-refractivity contribution in [3.05, 3.63) is 35.8 Å². The average Bonchev–Trinajstić information content (AvgIpc) is 3.17. The molecule has 0 amide bonds. The molecule has 1 unspecified atom stereocenters. The monoisotopic (exact) mass is 269 g/mol. The summed E-state index contributed by atoms with van der Waals surface area (Å²) in [5.41, 5.74) is 3.61. The minimum absolute atomic E-state index is 0.393. The number of imidazole rings is 1. The second-order valence-electron chi connectivity index (χ2n) is 5.61. The predicted octanol–water partition coefficient (Wildman–Crippen LogP) is 2.83. The normalized spacial score (nSPS) is 21.5. The highest BCUT2D eigenvalue weighted by molar-refractivity contribution is 5.62. The van der Waals surface area contributed by atoms with Gasteiger partial charge in [-0.1, -0.05) is 0 Å². The molecule has 0 saturated carbocycles. The minimum Gasteiger partial charge on any atom is -0.493 e. The third-order valence-electron chi connectivity index (χ3n) is 4.21. The van der Waals surface area contributed by atoms with E-state index in [0.29, 0.717) is 6.04 Å². The van der Waals surface area contributed by atoms with Crippen molar-refractivity contribution in [2.45, 2.75) is 31.7 Å². The molecule has 2 aliphatic rings. The summed E-state index contributed by atoms with van der Waals surface area (Å²) >= 11 is 0. The van der Waals surface area contributed by atoms with Crippen molar-refractivity contribution in [3.63, 3.8) is 0 Å². The summed E-state index contributed by atoms with van der Waals surface area (Å²) < 4.78 is 5.66. The summed E-state index contributed by atoms with van der Waals surface area (Å²) in [5.74, 6) is 2.10. The number of hydrogen-bond donors (Lipinski definition) is 2. The van der Waals surface area contributed by atoms with Crippen molar-refractivity contribution in [1.29, 1.82) is 0 Å². The fourth-order valence-corrected chi connectivity index (χ4v) is 3.11. The first-order chi connectivity index (χ1) is 9.90. The molecule has 2 aromatic rings. The van der Waals surface area contributed by atoms with Crippen LogP contribution in [0.4, 0.5) is 0 Å². The van der Waals surface area contributed by atoms with Crippen LogP contribution in [0.1, 0.15) is 36.7 Å². The Hall–Kier alpha value is -1.81.